The van der Waals surface area contributed by atoms with Crippen molar-refractivity contribution >= 4 is 0 Å². The number of nitrogens with two attached hydrogens (primary N) is 1. The van der Waals surface area contributed by atoms with Gasteiger partial charge in [-0.1, -0.05) is 19.1 Å². The van der Waals surface area contributed by atoms with Crippen molar-refractivity contribution in [3.8, 4) is 11.5 Å². The molecule has 0 saturated heterocycles. The largest absolute Gasteiger partial charge is 0.493 e. The number of hydrogen-bond acceptors (Lipinski definition) is 3. The maximum absolute atomic E-state index is 5.65. The molecule has 13 heavy (non-hydrogen) atoms. The van der Waals surface area contributed by atoms with Crippen molar-refractivity contribution in [2.45, 2.75) is 19.6 Å². The lowest BCUT2D eigenvalue weighted by Gasteiger charge is -2.14. The van der Waals surface area contributed by atoms with Gasteiger partial charge in [-0.25, -0.2) is 0 Å². The molecule has 1 aromatic carbocycles. The van der Waals surface area contributed by atoms with Gasteiger partial charge >= 0.3 is 0 Å². The molecule has 1 unspecified atom stereocenters. The fourth-order valence-corrected chi connectivity index (χ4v) is 0.963. The molecule has 3 heteroatoms. The topological polar surface area (TPSA) is 44.5 Å². The van der Waals surface area contributed by atoms with Crippen molar-refractivity contribution in [2.24, 2.45) is 5.73 Å². The zero-order chi connectivity index (χ0) is 9.68. The van der Waals surface area contributed by atoms with Crippen LogP contribution in [0.1, 0.15) is 13.3 Å². The summed E-state index contributed by atoms with van der Waals surface area (Å²) in [6, 6.07) is 7.47. The number of ether oxygens (including phenoxy) is 2. The first kappa shape index (κ1) is 9.86. The summed E-state index contributed by atoms with van der Waals surface area (Å²) in [6.45, 7) is 1.97. The van der Waals surface area contributed by atoms with Gasteiger partial charge in [0.2, 0.25) is 0 Å². The number of benzene rings is 1. The molecule has 0 saturated carbocycles. The van der Waals surface area contributed by atoms with E-state index in [4.69, 9.17) is 15.2 Å². The van der Waals surface area contributed by atoms with E-state index in [0.29, 0.717) is 11.5 Å². The van der Waals surface area contributed by atoms with Crippen molar-refractivity contribution in [2.75, 3.05) is 7.11 Å². The van der Waals surface area contributed by atoms with Crippen LogP contribution in [0.2, 0.25) is 0 Å². The molecular weight excluding hydrogens is 166 g/mol. The fraction of sp³-hybridized carbons (Fsp3) is 0.400. The van der Waals surface area contributed by atoms with Crippen LogP contribution < -0.4 is 15.2 Å². The standard InChI is InChI=1S/C10H15NO2/c1-3-10(11)13-9-7-5-4-6-8(9)12-2/h4-7,10H,3,11H2,1-2H3. The second kappa shape index (κ2) is 4.72. The van der Waals surface area contributed by atoms with Gasteiger partial charge in [-0.05, 0) is 18.6 Å². The van der Waals surface area contributed by atoms with E-state index in [0.717, 1.165) is 6.42 Å². The Morgan fingerprint density at radius 3 is 2.46 bits per heavy atom. The molecule has 72 valence electrons. The van der Waals surface area contributed by atoms with Crippen molar-refractivity contribution in [1.82, 2.24) is 0 Å². The first-order chi connectivity index (χ1) is 6.27. The molecule has 0 aliphatic carbocycles. The maximum Gasteiger partial charge on any atom is 0.163 e. The number of hydrogen-bond donors (Lipinski definition) is 1. The average molecular weight is 181 g/mol. The van der Waals surface area contributed by atoms with Crippen LogP contribution in [0.25, 0.3) is 0 Å². The van der Waals surface area contributed by atoms with E-state index < -0.39 is 0 Å². The first-order valence-electron chi connectivity index (χ1n) is 4.33. The zero-order valence-corrected chi connectivity index (χ0v) is 7.99. The Morgan fingerprint density at radius 1 is 1.31 bits per heavy atom. The van der Waals surface area contributed by atoms with Crippen LogP contribution in [0.4, 0.5) is 0 Å². The average Bonchev–Trinajstić information content (AvgIpc) is 2.18. The molecular formula is C10H15NO2. The Labute approximate surface area is 78.5 Å². The van der Waals surface area contributed by atoms with Gasteiger partial charge in [0.1, 0.15) is 6.23 Å². The fourth-order valence-electron chi connectivity index (χ4n) is 0.963. The molecule has 0 aliphatic rings. The third-order valence-corrected chi connectivity index (χ3v) is 1.75. The Hall–Kier alpha value is -1.22. The molecule has 0 heterocycles. The predicted molar refractivity (Wildman–Crippen MR) is 51.9 cm³/mol. The molecule has 0 amide bonds. The van der Waals surface area contributed by atoms with E-state index in [1.807, 2.05) is 31.2 Å². The Bertz CT molecular complexity index is 263. The third-order valence-electron chi connectivity index (χ3n) is 1.75. The molecule has 3 nitrogen and oxygen atoms in total. The summed E-state index contributed by atoms with van der Waals surface area (Å²) in [6.07, 6.45) is 0.509. The number of methoxy groups -OCH3 is 1. The van der Waals surface area contributed by atoms with Gasteiger partial charge < -0.3 is 9.47 Å². The highest BCUT2D eigenvalue weighted by atomic mass is 16.5. The summed E-state index contributed by atoms with van der Waals surface area (Å²) >= 11 is 0. The van der Waals surface area contributed by atoms with E-state index in [1.165, 1.54) is 0 Å². The van der Waals surface area contributed by atoms with Gasteiger partial charge in [0.25, 0.3) is 0 Å². The summed E-state index contributed by atoms with van der Waals surface area (Å²) in [4.78, 5) is 0. The minimum absolute atomic E-state index is 0.267. The van der Waals surface area contributed by atoms with Crippen LogP contribution in [-0.4, -0.2) is 13.3 Å². The van der Waals surface area contributed by atoms with Gasteiger partial charge in [0.05, 0.1) is 7.11 Å². The molecule has 0 aliphatic heterocycles. The van der Waals surface area contributed by atoms with Gasteiger partial charge in [0, 0.05) is 0 Å². The van der Waals surface area contributed by atoms with E-state index in [2.05, 4.69) is 0 Å². The van der Waals surface area contributed by atoms with Crippen LogP contribution in [-0.2, 0) is 0 Å². The minimum Gasteiger partial charge on any atom is -0.493 e. The molecule has 1 rings (SSSR count). The maximum atomic E-state index is 5.65. The minimum atomic E-state index is -0.267. The summed E-state index contributed by atoms with van der Waals surface area (Å²) in [5, 5.41) is 0. The van der Waals surface area contributed by atoms with Crippen LogP contribution in [0, 0.1) is 0 Å². The Balaban J connectivity index is 2.74. The van der Waals surface area contributed by atoms with Crippen LogP contribution in [0.5, 0.6) is 11.5 Å². The SMILES string of the molecule is CCC(N)Oc1ccccc1OC. The summed E-state index contributed by atoms with van der Waals surface area (Å²) in [7, 11) is 1.61. The summed E-state index contributed by atoms with van der Waals surface area (Å²) in [5.74, 6) is 1.41. The second-order valence-corrected chi connectivity index (χ2v) is 2.72. The number of rotatable bonds is 4. The van der Waals surface area contributed by atoms with Crippen LogP contribution >= 0.6 is 0 Å². The Kier molecular flexibility index (Phi) is 3.58. The summed E-state index contributed by atoms with van der Waals surface area (Å²) in [5.41, 5.74) is 5.65. The van der Waals surface area contributed by atoms with Crippen molar-refractivity contribution in [3.05, 3.63) is 24.3 Å². The van der Waals surface area contributed by atoms with Gasteiger partial charge in [-0.2, -0.15) is 0 Å². The highest BCUT2D eigenvalue weighted by Crippen LogP contribution is 2.26. The second-order valence-electron chi connectivity index (χ2n) is 2.72. The van der Waals surface area contributed by atoms with E-state index in [1.54, 1.807) is 7.11 Å². The quantitative estimate of drug-likeness (QED) is 0.720. The molecule has 0 spiro atoms. The van der Waals surface area contributed by atoms with E-state index in [-0.39, 0.29) is 6.23 Å². The van der Waals surface area contributed by atoms with Crippen molar-refractivity contribution in [3.63, 3.8) is 0 Å². The molecule has 1 aromatic rings. The monoisotopic (exact) mass is 181 g/mol. The highest BCUT2D eigenvalue weighted by molar-refractivity contribution is 5.39. The number of para-hydroxylation sites is 2. The van der Waals surface area contributed by atoms with Crippen molar-refractivity contribution < 1.29 is 9.47 Å². The third kappa shape index (κ3) is 2.63. The van der Waals surface area contributed by atoms with Crippen LogP contribution in [0.15, 0.2) is 24.3 Å². The predicted octanol–water partition coefficient (Wildman–Crippen LogP) is 1.77. The molecule has 0 bridgehead atoms. The van der Waals surface area contributed by atoms with Gasteiger partial charge in [-0.15, -0.1) is 0 Å². The van der Waals surface area contributed by atoms with Gasteiger partial charge in [0.15, 0.2) is 11.5 Å². The molecule has 0 fully saturated rings. The van der Waals surface area contributed by atoms with E-state index >= 15 is 0 Å². The normalized spacial score (nSPS) is 12.2. The lowest BCUT2D eigenvalue weighted by Crippen LogP contribution is -2.25. The zero-order valence-electron chi connectivity index (χ0n) is 7.99. The van der Waals surface area contributed by atoms with Gasteiger partial charge in [-0.3, -0.25) is 5.73 Å². The lowest BCUT2D eigenvalue weighted by atomic mass is 10.3. The smallest absolute Gasteiger partial charge is 0.163 e. The molecule has 1 atom stereocenters. The lowest BCUT2D eigenvalue weighted by molar-refractivity contribution is 0.196. The van der Waals surface area contributed by atoms with Crippen molar-refractivity contribution in [1.29, 1.82) is 0 Å². The Morgan fingerprint density at radius 2 is 1.92 bits per heavy atom. The van der Waals surface area contributed by atoms with E-state index in [9.17, 15) is 0 Å². The molecule has 0 radical (unpaired) electrons. The molecule has 0 aromatic heterocycles. The van der Waals surface area contributed by atoms with Crippen LogP contribution in [0.3, 0.4) is 0 Å². The summed E-state index contributed by atoms with van der Waals surface area (Å²) < 4.78 is 10.5. The highest BCUT2D eigenvalue weighted by Gasteiger charge is 2.05. The first-order valence-corrected chi connectivity index (χ1v) is 4.33. The molecule has 2 N–H and O–H groups in total.